The SMILES string of the molecule is CCNC(=O)C(Cc1ccccc1)N(Cc1ccc(F)cc1)C(=O)CSc1ccccc1. The Hall–Kier alpha value is -3.12. The molecule has 0 heterocycles. The summed E-state index contributed by atoms with van der Waals surface area (Å²) in [6.07, 6.45) is 0.398. The van der Waals surface area contributed by atoms with Crippen LogP contribution in [0.3, 0.4) is 0 Å². The third kappa shape index (κ3) is 6.95. The molecule has 4 nitrogen and oxygen atoms in total. The fourth-order valence-corrected chi connectivity index (χ4v) is 4.18. The van der Waals surface area contributed by atoms with Crippen LogP contribution >= 0.6 is 11.8 Å². The zero-order chi connectivity index (χ0) is 22.8. The summed E-state index contributed by atoms with van der Waals surface area (Å²) in [4.78, 5) is 29.0. The van der Waals surface area contributed by atoms with Crippen molar-refractivity contribution in [2.75, 3.05) is 12.3 Å². The van der Waals surface area contributed by atoms with Crippen LogP contribution in [0.25, 0.3) is 0 Å². The van der Waals surface area contributed by atoms with E-state index in [1.807, 2.05) is 67.6 Å². The van der Waals surface area contributed by atoms with Crippen LogP contribution in [-0.2, 0) is 22.6 Å². The first kappa shape index (κ1) is 23.5. The molecule has 166 valence electrons. The van der Waals surface area contributed by atoms with Crippen molar-refractivity contribution >= 4 is 23.6 Å². The van der Waals surface area contributed by atoms with Gasteiger partial charge in [0.2, 0.25) is 11.8 Å². The van der Waals surface area contributed by atoms with Crippen molar-refractivity contribution in [2.45, 2.75) is 30.8 Å². The van der Waals surface area contributed by atoms with Gasteiger partial charge < -0.3 is 10.2 Å². The summed E-state index contributed by atoms with van der Waals surface area (Å²) in [7, 11) is 0. The van der Waals surface area contributed by atoms with E-state index in [-0.39, 0.29) is 29.9 Å². The Morgan fingerprint density at radius 3 is 2.16 bits per heavy atom. The highest BCUT2D eigenvalue weighted by Crippen LogP contribution is 2.21. The van der Waals surface area contributed by atoms with Crippen molar-refractivity contribution < 1.29 is 14.0 Å². The second-order valence-corrected chi connectivity index (χ2v) is 8.40. The molecule has 0 fully saturated rings. The molecule has 0 aliphatic heterocycles. The minimum Gasteiger partial charge on any atom is -0.355 e. The molecule has 0 bridgehead atoms. The zero-order valence-corrected chi connectivity index (χ0v) is 18.9. The highest BCUT2D eigenvalue weighted by Gasteiger charge is 2.30. The Bertz CT molecular complexity index is 997. The number of likely N-dealkylation sites (N-methyl/N-ethyl adjacent to an activating group) is 1. The number of carbonyl (C=O) groups excluding carboxylic acids is 2. The molecule has 1 unspecified atom stereocenters. The van der Waals surface area contributed by atoms with Crippen LogP contribution in [0.4, 0.5) is 4.39 Å². The number of hydrogen-bond acceptors (Lipinski definition) is 3. The molecule has 0 saturated carbocycles. The Kier molecular flexibility index (Phi) is 8.87. The molecule has 6 heteroatoms. The number of hydrogen-bond donors (Lipinski definition) is 1. The standard InChI is InChI=1S/C26H27FN2O2S/c1-2-28-26(31)24(17-20-9-5-3-6-10-20)29(18-21-13-15-22(27)16-14-21)25(30)19-32-23-11-7-4-8-12-23/h3-16,24H,2,17-19H2,1H3,(H,28,31). The third-order valence-corrected chi connectivity index (χ3v) is 5.99. The molecular weight excluding hydrogens is 423 g/mol. The van der Waals surface area contributed by atoms with Crippen molar-refractivity contribution in [3.8, 4) is 0 Å². The van der Waals surface area contributed by atoms with Crippen LogP contribution < -0.4 is 5.32 Å². The van der Waals surface area contributed by atoms with Crippen molar-refractivity contribution in [2.24, 2.45) is 0 Å². The van der Waals surface area contributed by atoms with E-state index in [1.165, 1.54) is 23.9 Å². The van der Waals surface area contributed by atoms with Gasteiger partial charge in [0.05, 0.1) is 5.75 Å². The van der Waals surface area contributed by atoms with E-state index in [9.17, 15) is 14.0 Å². The highest BCUT2D eigenvalue weighted by molar-refractivity contribution is 8.00. The van der Waals surface area contributed by atoms with E-state index < -0.39 is 6.04 Å². The molecular formula is C26H27FN2O2S. The van der Waals surface area contributed by atoms with Crippen molar-refractivity contribution in [1.29, 1.82) is 0 Å². The predicted octanol–water partition coefficient (Wildman–Crippen LogP) is 4.69. The number of halogens is 1. The van der Waals surface area contributed by atoms with Crippen molar-refractivity contribution in [3.63, 3.8) is 0 Å². The minimum atomic E-state index is -0.675. The lowest BCUT2D eigenvalue weighted by Gasteiger charge is -2.31. The summed E-state index contributed by atoms with van der Waals surface area (Å²) >= 11 is 1.44. The molecule has 0 aliphatic carbocycles. The third-order valence-electron chi connectivity index (χ3n) is 4.99. The lowest BCUT2D eigenvalue weighted by atomic mass is 10.0. The van der Waals surface area contributed by atoms with Crippen LogP contribution in [0, 0.1) is 5.82 Å². The molecule has 3 aromatic carbocycles. The van der Waals surface area contributed by atoms with Gasteiger partial charge in [0.25, 0.3) is 0 Å². The van der Waals surface area contributed by atoms with E-state index in [0.29, 0.717) is 13.0 Å². The summed E-state index contributed by atoms with van der Waals surface area (Å²) in [6.45, 7) is 2.55. The Balaban J connectivity index is 1.87. The van der Waals surface area contributed by atoms with Crippen LogP contribution in [0.2, 0.25) is 0 Å². The summed E-state index contributed by atoms with van der Waals surface area (Å²) in [5.74, 6) is -0.474. The Labute approximate surface area is 192 Å². The van der Waals surface area contributed by atoms with Crippen LogP contribution in [0.1, 0.15) is 18.1 Å². The maximum Gasteiger partial charge on any atom is 0.243 e. The fourth-order valence-electron chi connectivity index (χ4n) is 3.38. The van der Waals surface area contributed by atoms with E-state index in [1.54, 1.807) is 17.0 Å². The molecule has 3 aromatic rings. The van der Waals surface area contributed by atoms with Crippen molar-refractivity contribution in [3.05, 3.63) is 102 Å². The largest absolute Gasteiger partial charge is 0.355 e. The molecule has 2 amide bonds. The summed E-state index contributed by atoms with van der Waals surface area (Å²) in [6, 6.07) is 24.7. The van der Waals surface area contributed by atoms with E-state index in [2.05, 4.69) is 5.32 Å². The van der Waals surface area contributed by atoms with Crippen molar-refractivity contribution in [1.82, 2.24) is 10.2 Å². The van der Waals surface area contributed by atoms with Gasteiger partial charge >= 0.3 is 0 Å². The smallest absolute Gasteiger partial charge is 0.243 e. The first-order valence-electron chi connectivity index (χ1n) is 10.6. The second-order valence-electron chi connectivity index (χ2n) is 7.35. The highest BCUT2D eigenvalue weighted by atomic mass is 32.2. The lowest BCUT2D eigenvalue weighted by Crippen LogP contribution is -2.51. The van der Waals surface area contributed by atoms with Gasteiger partial charge in [-0.3, -0.25) is 9.59 Å². The molecule has 32 heavy (non-hydrogen) atoms. The van der Waals surface area contributed by atoms with Gasteiger partial charge in [-0.1, -0.05) is 60.7 Å². The Morgan fingerprint density at radius 1 is 0.906 bits per heavy atom. The number of benzene rings is 3. The van der Waals surface area contributed by atoms with Crippen LogP contribution in [0.15, 0.2) is 89.8 Å². The van der Waals surface area contributed by atoms with Crippen LogP contribution in [-0.4, -0.2) is 35.1 Å². The van der Waals surface area contributed by atoms with Gasteiger partial charge in [0.1, 0.15) is 11.9 Å². The monoisotopic (exact) mass is 450 g/mol. The number of amides is 2. The maximum atomic E-state index is 13.4. The number of nitrogens with zero attached hydrogens (tertiary/aromatic N) is 1. The quantitative estimate of drug-likeness (QED) is 0.456. The molecule has 0 saturated heterocycles. The Morgan fingerprint density at radius 2 is 1.53 bits per heavy atom. The summed E-state index contributed by atoms with van der Waals surface area (Å²) in [5.41, 5.74) is 1.74. The van der Waals surface area contributed by atoms with Gasteiger partial charge in [0, 0.05) is 24.4 Å². The van der Waals surface area contributed by atoms with Crippen LogP contribution in [0.5, 0.6) is 0 Å². The molecule has 0 aliphatic rings. The zero-order valence-electron chi connectivity index (χ0n) is 18.0. The van der Waals surface area contributed by atoms with E-state index in [0.717, 1.165) is 16.0 Å². The van der Waals surface area contributed by atoms with E-state index in [4.69, 9.17) is 0 Å². The first-order valence-corrected chi connectivity index (χ1v) is 11.6. The van der Waals surface area contributed by atoms with Gasteiger partial charge in [-0.2, -0.15) is 0 Å². The van der Waals surface area contributed by atoms with E-state index >= 15 is 0 Å². The molecule has 0 spiro atoms. The first-order chi connectivity index (χ1) is 15.6. The van der Waals surface area contributed by atoms with Gasteiger partial charge in [-0.25, -0.2) is 4.39 Å². The topological polar surface area (TPSA) is 49.4 Å². The fraction of sp³-hybridized carbons (Fsp3) is 0.231. The molecule has 1 atom stereocenters. The average molecular weight is 451 g/mol. The number of thioether (sulfide) groups is 1. The molecule has 3 rings (SSSR count). The number of nitrogens with one attached hydrogen (secondary N) is 1. The van der Waals surface area contributed by atoms with Gasteiger partial charge in [-0.15, -0.1) is 11.8 Å². The molecule has 0 aromatic heterocycles. The van der Waals surface area contributed by atoms with Gasteiger partial charge in [-0.05, 0) is 42.3 Å². The predicted molar refractivity (Wildman–Crippen MR) is 127 cm³/mol. The number of carbonyl (C=O) groups is 2. The molecule has 1 N–H and O–H groups in total. The second kappa shape index (κ2) is 12.1. The summed E-state index contributed by atoms with van der Waals surface area (Å²) in [5, 5.41) is 2.87. The minimum absolute atomic E-state index is 0.143. The number of rotatable bonds is 10. The summed E-state index contributed by atoms with van der Waals surface area (Å²) < 4.78 is 13.4. The average Bonchev–Trinajstić information content (AvgIpc) is 2.82. The van der Waals surface area contributed by atoms with Gasteiger partial charge in [0.15, 0.2) is 0 Å². The lowest BCUT2D eigenvalue weighted by molar-refractivity contribution is -0.139. The maximum absolute atomic E-state index is 13.4. The normalized spacial score (nSPS) is 11.6. The molecule has 0 radical (unpaired) electrons.